The summed E-state index contributed by atoms with van der Waals surface area (Å²) >= 11 is 0. The average molecular weight is 228 g/mol. The quantitative estimate of drug-likeness (QED) is 0.557. The van der Waals surface area contributed by atoms with Crippen LogP contribution in [-0.4, -0.2) is 11.7 Å². The Hall–Kier alpha value is -2.16. The number of rotatable bonds is 4. The molecule has 0 aromatic heterocycles. The Balaban J connectivity index is 1.83. The second-order valence-corrected chi connectivity index (χ2v) is 3.97. The van der Waals surface area contributed by atoms with E-state index in [-0.39, 0.29) is 5.75 Å². The van der Waals surface area contributed by atoms with Gasteiger partial charge in [0.25, 0.3) is 0 Å². The van der Waals surface area contributed by atoms with Gasteiger partial charge in [-0.25, -0.2) is 0 Å². The van der Waals surface area contributed by atoms with Gasteiger partial charge in [0.15, 0.2) is 0 Å². The number of phenols is 1. The number of nitrogens with one attached hydrogen (secondary N) is 1. The lowest BCUT2D eigenvalue weighted by Gasteiger charge is -2.06. The van der Waals surface area contributed by atoms with Crippen LogP contribution in [0.3, 0.4) is 0 Å². The standard InChI is InChI=1S/C14H16N2O/c15-12-3-1-11(2-4-12)9-10-16-13-5-7-14(17)8-6-13/h1-8,16-17H,9-10,15H2. The van der Waals surface area contributed by atoms with E-state index >= 15 is 0 Å². The molecular weight excluding hydrogens is 212 g/mol. The van der Waals surface area contributed by atoms with E-state index in [2.05, 4.69) is 5.32 Å². The van der Waals surface area contributed by atoms with Gasteiger partial charge in [-0.05, 0) is 48.4 Å². The van der Waals surface area contributed by atoms with Crippen molar-refractivity contribution in [3.05, 3.63) is 54.1 Å². The molecule has 0 aliphatic carbocycles. The summed E-state index contributed by atoms with van der Waals surface area (Å²) in [6.45, 7) is 0.856. The van der Waals surface area contributed by atoms with E-state index < -0.39 is 0 Å². The molecule has 0 aliphatic rings. The Morgan fingerprint density at radius 3 is 2.24 bits per heavy atom. The summed E-state index contributed by atoms with van der Waals surface area (Å²) in [5.74, 6) is 0.286. The molecule has 88 valence electrons. The molecule has 0 saturated carbocycles. The summed E-state index contributed by atoms with van der Waals surface area (Å²) in [6.07, 6.45) is 0.946. The van der Waals surface area contributed by atoms with Crippen LogP contribution in [0.15, 0.2) is 48.5 Å². The largest absolute Gasteiger partial charge is 0.508 e. The van der Waals surface area contributed by atoms with Crippen LogP contribution >= 0.6 is 0 Å². The third kappa shape index (κ3) is 3.41. The second kappa shape index (κ2) is 5.25. The van der Waals surface area contributed by atoms with Gasteiger partial charge in [0.2, 0.25) is 0 Å². The minimum atomic E-state index is 0.286. The SMILES string of the molecule is Nc1ccc(CCNc2ccc(O)cc2)cc1. The van der Waals surface area contributed by atoms with Crippen LogP contribution in [-0.2, 0) is 6.42 Å². The van der Waals surface area contributed by atoms with Crippen molar-refractivity contribution in [2.45, 2.75) is 6.42 Å². The van der Waals surface area contributed by atoms with Gasteiger partial charge in [0, 0.05) is 17.9 Å². The smallest absolute Gasteiger partial charge is 0.115 e. The Bertz CT molecular complexity index is 417. The second-order valence-electron chi connectivity index (χ2n) is 3.97. The van der Waals surface area contributed by atoms with Crippen molar-refractivity contribution in [2.75, 3.05) is 17.6 Å². The number of aromatic hydroxyl groups is 1. The average Bonchev–Trinajstić information content (AvgIpc) is 2.34. The number of nitrogen functional groups attached to an aromatic ring is 1. The molecule has 3 nitrogen and oxygen atoms in total. The van der Waals surface area contributed by atoms with E-state index in [4.69, 9.17) is 10.8 Å². The van der Waals surface area contributed by atoms with Crippen molar-refractivity contribution in [2.24, 2.45) is 0 Å². The van der Waals surface area contributed by atoms with Crippen LogP contribution in [0.25, 0.3) is 0 Å². The van der Waals surface area contributed by atoms with E-state index in [9.17, 15) is 0 Å². The summed E-state index contributed by atoms with van der Waals surface area (Å²) in [4.78, 5) is 0. The molecule has 0 bridgehead atoms. The first-order valence-corrected chi connectivity index (χ1v) is 5.61. The highest BCUT2D eigenvalue weighted by molar-refractivity contribution is 5.46. The highest BCUT2D eigenvalue weighted by Gasteiger charge is 1.94. The maximum Gasteiger partial charge on any atom is 0.115 e. The Kier molecular flexibility index (Phi) is 3.50. The molecule has 0 heterocycles. The molecule has 0 spiro atoms. The zero-order valence-corrected chi connectivity index (χ0v) is 9.56. The summed E-state index contributed by atoms with van der Waals surface area (Å²) in [5, 5.41) is 12.4. The van der Waals surface area contributed by atoms with E-state index in [1.165, 1.54) is 5.56 Å². The monoisotopic (exact) mass is 228 g/mol. The van der Waals surface area contributed by atoms with Gasteiger partial charge >= 0.3 is 0 Å². The minimum absolute atomic E-state index is 0.286. The van der Waals surface area contributed by atoms with E-state index in [1.807, 2.05) is 36.4 Å². The molecule has 0 amide bonds. The lowest BCUT2D eigenvalue weighted by atomic mass is 10.1. The first-order valence-electron chi connectivity index (χ1n) is 5.61. The first kappa shape index (κ1) is 11.3. The van der Waals surface area contributed by atoms with Crippen molar-refractivity contribution >= 4 is 11.4 Å². The minimum Gasteiger partial charge on any atom is -0.508 e. The summed E-state index contributed by atoms with van der Waals surface area (Å²) in [7, 11) is 0. The Morgan fingerprint density at radius 1 is 0.941 bits per heavy atom. The van der Waals surface area contributed by atoms with Gasteiger partial charge in [-0.1, -0.05) is 12.1 Å². The zero-order chi connectivity index (χ0) is 12.1. The molecule has 0 saturated heterocycles. The number of nitrogens with two attached hydrogens (primary N) is 1. The fraction of sp³-hybridized carbons (Fsp3) is 0.143. The molecule has 4 N–H and O–H groups in total. The van der Waals surface area contributed by atoms with E-state index in [0.717, 1.165) is 24.3 Å². The molecule has 0 radical (unpaired) electrons. The van der Waals surface area contributed by atoms with Gasteiger partial charge < -0.3 is 16.2 Å². The predicted molar refractivity (Wildman–Crippen MR) is 71.2 cm³/mol. The number of hydrogen-bond donors (Lipinski definition) is 3. The number of benzene rings is 2. The van der Waals surface area contributed by atoms with Crippen molar-refractivity contribution in [3.8, 4) is 5.75 Å². The first-order chi connectivity index (χ1) is 8.24. The lowest BCUT2D eigenvalue weighted by molar-refractivity contribution is 0.475. The number of anilines is 2. The van der Waals surface area contributed by atoms with Crippen molar-refractivity contribution in [1.29, 1.82) is 0 Å². The molecular formula is C14H16N2O. The van der Waals surface area contributed by atoms with Gasteiger partial charge in [0.05, 0.1) is 0 Å². The molecule has 3 heteroatoms. The molecule has 0 fully saturated rings. The van der Waals surface area contributed by atoms with Crippen molar-refractivity contribution in [3.63, 3.8) is 0 Å². The highest BCUT2D eigenvalue weighted by atomic mass is 16.3. The predicted octanol–water partition coefficient (Wildman–Crippen LogP) is 2.63. The molecule has 0 unspecified atom stereocenters. The fourth-order valence-corrected chi connectivity index (χ4v) is 1.61. The van der Waals surface area contributed by atoms with E-state index in [0.29, 0.717) is 0 Å². The van der Waals surface area contributed by atoms with Gasteiger partial charge in [-0.2, -0.15) is 0 Å². The maximum absolute atomic E-state index is 9.15. The van der Waals surface area contributed by atoms with Crippen LogP contribution in [0.4, 0.5) is 11.4 Å². The number of hydrogen-bond acceptors (Lipinski definition) is 3. The Morgan fingerprint density at radius 2 is 1.59 bits per heavy atom. The molecule has 2 aromatic rings. The van der Waals surface area contributed by atoms with Crippen molar-refractivity contribution in [1.82, 2.24) is 0 Å². The molecule has 2 rings (SSSR count). The third-order valence-electron chi connectivity index (χ3n) is 2.59. The van der Waals surface area contributed by atoms with Crippen LogP contribution in [0.1, 0.15) is 5.56 Å². The normalized spacial score (nSPS) is 10.1. The van der Waals surface area contributed by atoms with Crippen LogP contribution in [0.2, 0.25) is 0 Å². The summed E-state index contributed by atoms with van der Waals surface area (Å²) < 4.78 is 0. The van der Waals surface area contributed by atoms with Crippen molar-refractivity contribution < 1.29 is 5.11 Å². The third-order valence-corrected chi connectivity index (χ3v) is 2.59. The molecule has 0 atom stereocenters. The van der Waals surface area contributed by atoms with Gasteiger partial charge in [0.1, 0.15) is 5.75 Å². The Labute approximate surface area is 101 Å². The molecule has 2 aromatic carbocycles. The van der Waals surface area contributed by atoms with Gasteiger partial charge in [-0.3, -0.25) is 0 Å². The topological polar surface area (TPSA) is 58.3 Å². The maximum atomic E-state index is 9.15. The van der Waals surface area contributed by atoms with Crippen LogP contribution in [0.5, 0.6) is 5.75 Å². The van der Waals surface area contributed by atoms with E-state index in [1.54, 1.807) is 12.1 Å². The summed E-state index contributed by atoms with van der Waals surface area (Å²) in [5.41, 5.74) is 8.68. The fourth-order valence-electron chi connectivity index (χ4n) is 1.61. The van der Waals surface area contributed by atoms with Gasteiger partial charge in [-0.15, -0.1) is 0 Å². The number of phenolic OH excluding ortho intramolecular Hbond substituents is 1. The highest BCUT2D eigenvalue weighted by Crippen LogP contribution is 2.13. The van der Waals surface area contributed by atoms with Crippen LogP contribution < -0.4 is 11.1 Å². The zero-order valence-electron chi connectivity index (χ0n) is 9.56. The lowest BCUT2D eigenvalue weighted by Crippen LogP contribution is -2.04. The molecule has 0 aliphatic heterocycles. The molecule has 17 heavy (non-hydrogen) atoms. The van der Waals surface area contributed by atoms with Crippen LogP contribution in [0, 0.1) is 0 Å². The summed E-state index contributed by atoms with van der Waals surface area (Å²) in [6, 6.07) is 15.0.